The predicted octanol–water partition coefficient (Wildman–Crippen LogP) is 1.83. The van der Waals surface area contributed by atoms with Gasteiger partial charge in [-0.05, 0) is 23.3 Å². The van der Waals surface area contributed by atoms with Crippen molar-refractivity contribution in [3.05, 3.63) is 29.3 Å². The Morgan fingerprint density at radius 2 is 2.24 bits per heavy atom. The number of benzene rings is 1. The van der Waals surface area contributed by atoms with Gasteiger partial charge in [0.25, 0.3) is 0 Å². The number of aliphatic hydroxyl groups is 1. The molecule has 5 heteroatoms. The van der Waals surface area contributed by atoms with Crippen molar-refractivity contribution in [2.75, 3.05) is 18.1 Å². The molecule has 0 amide bonds. The molecule has 0 heterocycles. The van der Waals surface area contributed by atoms with Crippen molar-refractivity contribution in [1.82, 2.24) is 0 Å². The highest BCUT2D eigenvalue weighted by Gasteiger charge is 2.13. The topological polar surface area (TPSA) is 83.5 Å². The lowest BCUT2D eigenvalue weighted by atomic mass is 10.1. The standard InChI is InChI=1S/C12H17NO3S/c1-8(5-14)6-17-7-9-3-2-4-10(13)11(9)12(15)16/h2-4,8,14H,5-7,13H2,1H3,(H,15,16). The van der Waals surface area contributed by atoms with E-state index in [1.165, 1.54) is 0 Å². The van der Waals surface area contributed by atoms with Crippen LogP contribution >= 0.6 is 11.8 Å². The summed E-state index contributed by atoms with van der Waals surface area (Å²) in [7, 11) is 0. The maximum atomic E-state index is 11.1. The van der Waals surface area contributed by atoms with Crippen molar-refractivity contribution in [3.8, 4) is 0 Å². The molecule has 94 valence electrons. The van der Waals surface area contributed by atoms with E-state index in [9.17, 15) is 4.79 Å². The van der Waals surface area contributed by atoms with Gasteiger partial charge in [0.1, 0.15) is 0 Å². The molecule has 0 aliphatic rings. The molecule has 17 heavy (non-hydrogen) atoms. The van der Waals surface area contributed by atoms with Crippen molar-refractivity contribution in [2.45, 2.75) is 12.7 Å². The first-order valence-corrected chi connectivity index (χ1v) is 6.51. The number of carboxylic acid groups (broad SMARTS) is 1. The van der Waals surface area contributed by atoms with Crippen LogP contribution in [0.1, 0.15) is 22.8 Å². The van der Waals surface area contributed by atoms with Gasteiger partial charge in [-0.15, -0.1) is 0 Å². The Bertz CT molecular complexity index is 395. The monoisotopic (exact) mass is 255 g/mol. The number of aliphatic hydroxyl groups excluding tert-OH is 1. The fourth-order valence-electron chi connectivity index (χ4n) is 1.42. The van der Waals surface area contributed by atoms with E-state index in [0.29, 0.717) is 11.4 Å². The molecule has 1 aromatic rings. The molecular formula is C12H17NO3S. The Kier molecular flexibility index (Phi) is 5.31. The van der Waals surface area contributed by atoms with Gasteiger partial charge in [0.15, 0.2) is 0 Å². The summed E-state index contributed by atoms with van der Waals surface area (Å²) < 4.78 is 0. The number of thioether (sulfide) groups is 1. The maximum Gasteiger partial charge on any atom is 0.338 e. The molecule has 0 aliphatic carbocycles. The Labute approximate surface area is 105 Å². The lowest BCUT2D eigenvalue weighted by Gasteiger charge is -2.10. The van der Waals surface area contributed by atoms with E-state index in [4.69, 9.17) is 15.9 Å². The van der Waals surface area contributed by atoms with E-state index < -0.39 is 5.97 Å². The number of hydrogen-bond donors (Lipinski definition) is 3. The number of hydrogen-bond acceptors (Lipinski definition) is 4. The van der Waals surface area contributed by atoms with E-state index in [0.717, 1.165) is 11.3 Å². The number of anilines is 1. The molecule has 0 saturated heterocycles. The molecule has 0 fully saturated rings. The second kappa shape index (κ2) is 6.51. The van der Waals surface area contributed by atoms with Gasteiger partial charge < -0.3 is 15.9 Å². The summed E-state index contributed by atoms with van der Waals surface area (Å²) in [4.78, 5) is 11.1. The number of nitrogens with two attached hydrogens (primary N) is 1. The Morgan fingerprint density at radius 1 is 1.53 bits per heavy atom. The Morgan fingerprint density at radius 3 is 2.82 bits per heavy atom. The van der Waals surface area contributed by atoms with Crippen molar-refractivity contribution in [2.24, 2.45) is 5.92 Å². The zero-order valence-corrected chi connectivity index (χ0v) is 10.5. The number of rotatable bonds is 6. The lowest BCUT2D eigenvalue weighted by Crippen LogP contribution is -2.07. The molecule has 0 aliphatic heterocycles. The first-order valence-electron chi connectivity index (χ1n) is 5.35. The smallest absolute Gasteiger partial charge is 0.338 e. The van der Waals surface area contributed by atoms with Crippen molar-refractivity contribution < 1.29 is 15.0 Å². The zero-order valence-electron chi connectivity index (χ0n) is 9.72. The molecule has 0 bridgehead atoms. The van der Waals surface area contributed by atoms with Gasteiger partial charge in [-0.3, -0.25) is 0 Å². The molecule has 4 nitrogen and oxygen atoms in total. The Hall–Kier alpha value is -1.20. The first kappa shape index (κ1) is 13.9. The molecule has 4 N–H and O–H groups in total. The van der Waals surface area contributed by atoms with Crippen LogP contribution in [0, 0.1) is 5.92 Å². The second-order valence-electron chi connectivity index (χ2n) is 3.99. The minimum atomic E-state index is -0.992. The van der Waals surface area contributed by atoms with Crippen LogP contribution in [0.15, 0.2) is 18.2 Å². The van der Waals surface area contributed by atoms with Gasteiger partial charge in [-0.1, -0.05) is 19.1 Å². The van der Waals surface area contributed by atoms with Gasteiger partial charge in [-0.25, -0.2) is 4.79 Å². The molecule has 0 radical (unpaired) electrons. The highest BCUT2D eigenvalue weighted by atomic mass is 32.2. The highest BCUT2D eigenvalue weighted by Crippen LogP contribution is 2.22. The second-order valence-corrected chi connectivity index (χ2v) is 5.02. The van der Waals surface area contributed by atoms with Gasteiger partial charge in [0.05, 0.1) is 5.56 Å². The van der Waals surface area contributed by atoms with Crippen molar-refractivity contribution in [3.63, 3.8) is 0 Å². The van der Waals surface area contributed by atoms with E-state index in [1.54, 1.807) is 30.0 Å². The van der Waals surface area contributed by atoms with Crippen LogP contribution in [-0.2, 0) is 5.75 Å². The third-order valence-electron chi connectivity index (χ3n) is 2.37. The third-order valence-corrected chi connectivity index (χ3v) is 3.69. The van der Waals surface area contributed by atoms with Gasteiger partial charge in [-0.2, -0.15) is 11.8 Å². The predicted molar refractivity (Wildman–Crippen MR) is 70.2 cm³/mol. The summed E-state index contributed by atoms with van der Waals surface area (Å²) in [6, 6.07) is 5.12. The summed E-state index contributed by atoms with van der Waals surface area (Å²) in [5, 5.41) is 18.0. The van der Waals surface area contributed by atoms with Crippen LogP contribution in [0.25, 0.3) is 0 Å². The third kappa shape index (κ3) is 3.94. The van der Waals surface area contributed by atoms with E-state index in [-0.39, 0.29) is 18.1 Å². The molecule has 0 saturated carbocycles. The number of carbonyl (C=O) groups is 1. The minimum Gasteiger partial charge on any atom is -0.478 e. The van der Waals surface area contributed by atoms with Crippen molar-refractivity contribution in [1.29, 1.82) is 0 Å². The molecule has 0 aromatic heterocycles. The largest absolute Gasteiger partial charge is 0.478 e. The average Bonchev–Trinajstić information content (AvgIpc) is 2.28. The summed E-state index contributed by atoms with van der Waals surface area (Å²) in [6.07, 6.45) is 0. The summed E-state index contributed by atoms with van der Waals surface area (Å²) in [5.41, 5.74) is 6.87. The summed E-state index contributed by atoms with van der Waals surface area (Å²) in [5.74, 6) is 0.615. The van der Waals surface area contributed by atoms with Gasteiger partial charge in [0, 0.05) is 18.0 Å². The van der Waals surface area contributed by atoms with Crippen molar-refractivity contribution >= 4 is 23.4 Å². The van der Waals surface area contributed by atoms with Crippen LogP contribution in [-0.4, -0.2) is 28.5 Å². The van der Waals surface area contributed by atoms with Crippen LogP contribution in [0.2, 0.25) is 0 Å². The van der Waals surface area contributed by atoms with E-state index in [1.807, 2.05) is 6.92 Å². The molecule has 0 spiro atoms. The molecule has 1 atom stereocenters. The van der Waals surface area contributed by atoms with Crippen LogP contribution in [0.3, 0.4) is 0 Å². The normalized spacial score (nSPS) is 12.4. The fourth-order valence-corrected chi connectivity index (χ4v) is 2.51. The Balaban J connectivity index is 2.71. The number of nitrogen functional groups attached to an aromatic ring is 1. The van der Waals surface area contributed by atoms with E-state index in [2.05, 4.69) is 0 Å². The molecule has 1 aromatic carbocycles. The zero-order chi connectivity index (χ0) is 12.8. The van der Waals surface area contributed by atoms with Gasteiger partial charge >= 0.3 is 5.97 Å². The lowest BCUT2D eigenvalue weighted by molar-refractivity contribution is 0.0697. The fraction of sp³-hybridized carbons (Fsp3) is 0.417. The minimum absolute atomic E-state index is 0.149. The number of carboxylic acids is 1. The first-order chi connectivity index (χ1) is 8.06. The van der Waals surface area contributed by atoms with Crippen LogP contribution in [0.5, 0.6) is 0 Å². The van der Waals surface area contributed by atoms with E-state index >= 15 is 0 Å². The summed E-state index contributed by atoms with van der Waals surface area (Å²) in [6.45, 7) is 2.10. The molecule has 1 unspecified atom stereocenters. The average molecular weight is 255 g/mol. The highest BCUT2D eigenvalue weighted by molar-refractivity contribution is 7.98. The van der Waals surface area contributed by atoms with Gasteiger partial charge in [0.2, 0.25) is 0 Å². The summed E-state index contributed by atoms with van der Waals surface area (Å²) >= 11 is 1.60. The molecular weight excluding hydrogens is 238 g/mol. The van der Waals surface area contributed by atoms with Crippen LogP contribution < -0.4 is 5.73 Å². The van der Waals surface area contributed by atoms with Crippen LogP contribution in [0.4, 0.5) is 5.69 Å². The molecule has 1 rings (SSSR count). The quantitative estimate of drug-likeness (QED) is 0.675. The maximum absolute atomic E-state index is 11.1. The SMILES string of the molecule is CC(CO)CSCc1cccc(N)c1C(=O)O. The number of aromatic carboxylic acids is 1.